The molecule has 0 aromatic rings. The van der Waals surface area contributed by atoms with Crippen molar-refractivity contribution in [2.24, 2.45) is 0 Å². The highest BCUT2D eigenvalue weighted by molar-refractivity contribution is 5.98. The first-order valence-electron chi connectivity index (χ1n) is 6.59. The summed E-state index contributed by atoms with van der Waals surface area (Å²) < 4.78 is 0. The molecule has 0 unspecified atom stereocenters. The summed E-state index contributed by atoms with van der Waals surface area (Å²) in [4.78, 5) is 48.8. The van der Waals surface area contributed by atoms with Gasteiger partial charge in [-0.1, -0.05) is 27.7 Å². The zero-order valence-corrected chi connectivity index (χ0v) is 12.1. The Bertz CT molecular complexity index is 300. The van der Waals surface area contributed by atoms with E-state index in [1.807, 2.05) is 0 Å². The predicted molar refractivity (Wildman–Crippen MR) is 69.7 cm³/mol. The van der Waals surface area contributed by atoms with Crippen molar-refractivity contribution in [3.05, 3.63) is 0 Å². The molecule has 0 aliphatic heterocycles. The average Bonchev–Trinajstić information content (AvgIpc) is 2.45. The van der Waals surface area contributed by atoms with Gasteiger partial charge in [-0.05, 0) is 0 Å². The van der Waals surface area contributed by atoms with E-state index in [0.717, 1.165) is 9.80 Å². The van der Waals surface area contributed by atoms with Crippen LogP contribution in [0.2, 0.25) is 0 Å². The van der Waals surface area contributed by atoms with Crippen LogP contribution >= 0.6 is 0 Å². The molecule has 0 rings (SSSR count). The molecule has 6 heteroatoms. The third kappa shape index (κ3) is 4.81. The highest BCUT2D eigenvalue weighted by Gasteiger charge is 2.26. The van der Waals surface area contributed by atoms with Crippen LogP contribution < -0.4 is 0 Å². The number of carbonyl (C=O) groups excluding carboxylic acids is 4. The molecule has 108 valence electrons. The van der Waals surface area contributed by atoms with Gasteiger partial charge < -0.3 is 0 Å². The van der Waals surface area contributed by atoms with Gasteiger partial charge in [0.1, 0.15) is 6.67 Å². The molecule has 0 aromatic carbocycles. The van der Waals surface area contributed by atoms with Gasteiger partial charge in [-0.3, -0.25) is 29.0 Å². The van der Waals surface area contributed by atoms with E-state index in [4.69, 9.17) is 0 Å². The Hall–Kier alpha value is -1.72. The predicted octanol–water partition coefficient (Wildman–Crippen LogP) is 1.29. The summed E-state index contributed by atoms with van der Waals surface area (Å²) >= 11 is 0. The van der Waals surface area contributed by atoms with Gasteiger partial charge in [0.25, 0.3) is 0 Å². The minimum Gasteiger partial charge on any atom is -0.274 e. The summed E-state index contributed by atoms with van der Waals surface area (Å²) in [6, 6.07) is 0. The van der Waals surface area contributed by atoms with Crippen molar-refractivity contribution >= 4 is 23.6 Å². The summed E-state index contributed by atoms with van der Waals surface area (Å²) in [5, 5.41) is 0. The summed E-state index contributed by atoms with van der Waals surface area (Å²) in [6.45, 7) is 6.24. The highest BCUT2D eigenvalue weighted by Crippen LogP contribution is 2.05. The lowest BCUT2D eigenvalue weighted by Crippen LogP contribution is -2.48. The van der Waals surface area contributed by atoms with Crippen molar-refractivity contribution in [2.75, 3.05) is 6.67 Å². The smallest absolute Gasteiger partial charge is 0.230 e. The van der Waals surface area contributed by atoms with Crippen LogP contribution in [0.3, 0.4) is 0 Å². The van der Waals surface area contributed by atoms with Crippen LogP contribution in [0.4, 0.5) is 0 Å². The van der Waals surface area contributed by atoms with Crippen LogP contribution in [0.5, 0.6) is 0 Å². The molecule has 0 spiro atoms. The lowest BCUT2D eigenvalue weighted by atomic mass is 10.3. The average molecular weight is 270 g/mol. The number of nitrogens with zero attached hydrogens (tertiary/aromatic N) is 2. The molecule has 0 saturated carbocycles. The maximum Gasteiger partial charge on any atom is 0.230 e. The molecule has 0 heterocycles. The standard InChI is InChI=1S/C13H22N2O4/c1-5-10(16)14(11(17)6-2)9-15(12(18)7-3)13(19)8-4/h5-9H2,1-4H3. The number of hydrogen-bond donors (Lipinski definition) is 0. The Labute approximate surface area is 113 Å². The van der Waals surface area contributed by atoms with Crippen molar-refractivity contribution in [3.8, 4) is 0 Å². The largest absolute Gasteiger partial charge is 0.274 e. The van der Waals surface area contributed by atoms with E-state index in [1.54, 1.807) is 27.7 Å². The van der Waals surface area contributed by atoms with E-state index >= 15 is 0 Å². The quantitative estimate of drug-likeness (QED) is 0.682. The summed E-state index contributed by atoms with van der Waals surface area (Å²) in [7, 11) is 0. The third-order valence-electron chi connectivity index (χ3n) is 2.70. The van der Waals surface area contributed by atoms with Gasteiger partial charge in [-0.25, -0.2) is 0 Å². The third-order valence-corrected chi connectivity index (χ3v) is 2.70. The molecule has 0 aliphatic carbocycles. The Kier molecular flexibility index (Phi) is 7.63. The van der Waals surface area contributed by atoms with Gasteiger partial charge in [0.15, 0.2) is 0 Å². The fraction of sp³-hybridized carbons (Fsp3) is 0.692. The van der Waals surface area contributed by atoms with Crippen LogP contribution in [-0.2, 0) is 19.2 Å². The summed E-state index contributed by atoms with van der Waals surface area (Å²) in [5.74, 6) is -1.54. The molecular formula is C13H22N2O4. The zero-order chi connectivity index (χ0) is 15.0. The zero-order valence-electron chi connectivity index (χ0n) is 12.1. The van der Waals surface area contributed by atoms with Crippen LogP contribution in [0.15, 0.2) is 0 Å². The minimum atomic E-state index is -0.385. The topological polar surface area (TPSA) is 74.8 Å². The first-order valence-corrected chi connectivity index (χ1v) is 6.59. The maximum atomic E-state index is 11.7. The van der Waals surface area contributed by atoms with E-state index in [-0.39, 0.29) is 56.0 Å². The molecule has 0 fully saturated rings. The lowest BCUT2D eigenvalue weighted by molar-refractivity contribution is -0.154. The number of hydrogen-bond acceptors (Lipinski definition) is 4. The van der Waals surface area contributed by atoms with Crippen molar-refractivity contribution < 1.29 is 19.2 Å². The Morgan fingerprint density at radius 3 is 0.947 bits per heavy atom. The normalized spacial score (nSPS) is 9.89. The van der Waals surface area contributed by atoms with Crippen molar-refractivity contribution in [2.45, 2.75) is 53.4 Å². The second-order valence-corrected chi connectivity index (χ2v) is 3.99. The van der Waals surface area contributed by atoms with Gasteiger partial charge in [0, 0.05) is 25.7 Å². The van der Waals surface area contributed by atoms with E-state index in [0.29, 0.717) is 0 Å². The molecule has 0 N–H and O–H groups in total. The van der Waals surface area contributed by atoms with E-state index in [1.165, 1.54) is 0 Å². The van der Waals surface area contributed by atoms with Crippen molar-refractivity contribution in [3.63, 3.8) is 0 Å². The van der Waals surface area contributed by atoms with Crippen LogP contribution in [0.1, 0.15) is 53.4 Å². The van der Waals surface area contributed by atoms with Gasteiger partial charge in [0.05, 0.1) is 0 Å². The summed E-state index contributed by atoms with van der Waals surface area (Å²) in [6.07, 6.45) is 0.612. The second-order valence-electron chi connectivity index (χ2n) is 3.99. The van der Waals surface area contributed by atoms with E-state index in [2.05, 4.69) is 0 Å². The van der Waals surface area contributed by atoms with Gasteiger partial charge in [-0.15, -0.1) is 0 Å². The number of amides is 4. The molecule has 19 heavy (non-hydrogen) atoms. The molecule has 0 atom stereocenters. The molecule has 0 radical (unpaired) electrons. The van der Waals surface area contributed by atoms with E-state index < -0.39 is 0 Å². The fourth-order valence-electron chi connectivity index (χ4n) is 1.50. The molecule has 0 aliphatic rings. The Morgan fingerprint density at radius 2 is 0.789 bits per heavy atom. The molecule has 4 amide bonds. The number of imide groups is 2. The fourth-order valence-corrected chi connectivity index (χ4v) is 1.50. The molecular weight excluding hydrogens is 248 g/mol. The Morgan fingerprint density at radius 1 is 0.579 bits per heavy atom. The van der Waals surface area contributed by atoms with Crippen molar-refractivity contribution in [1.29, 1.82) is 0 Å². The SMILES string of the molecule is CCC(=O)N(CN(C(=O)CC)C(=O)CC)C(=O)CC. The van der Waals surface area contributed by atoms with E-state index in [9.17, 15) is 19.2 Å². The van der Waals surface area contributed by atoms with Crippen LogP contribution in [-0.4, -0.2) is 40.1 Å². The summed E-state index contributed by atoms with van der Waals surface area (Å²) in [5.41, 5.74) is 0. The first kappa shape index (κ1) is 17.3. The molecule has 0 bridgehead atoms. The van der Waals surface area contributed by atoms with Crippen LogP contribution in [0, 0.1) is 0 Å². The second kappa shape index (κ2) is 8.39. The lowest BCUT2D eigenvalue weighted by Gasteiger charge is -2.27. The first-order chi connectivity index (χ1) is 8.92. The monoisotopic (exact) mass is 270 g/mol. The van der Waals surface area contributed by atoms with Gasteiger partial charge in [0.2, 0.25) is 23.6 Å². The van der Waals surface area contributed by atoms with Crippen molar-refractivity contribution in [1.82, 2.24) is 9.80 Å². The molecule has 0 saturated heterocycles. The maximum absolute atomic E-state index is 11.7. The van der Waals surface area contributed by atoms with Gasteiger partial charge >= 0.3 is 0 Å². The molecule has 6 nitrogen and oxygen atoms in total. The van der Waals surface area contributed by atoms with Gasteiger partial charge in [-0.2, -0.15) is 0 Å². The Balaban J connectivity index is 5.13. The molecule has 0 aromatic heterocycles. The number of rotatable bonds is 6. The minimum absolute atomic E-state index is 0.153. The van der Waals surface area contributed by atoms with Crippen LogP contribution in [0.25, 0.3) is 0 Å². The highest BCUT2D eigenvalue weighted by atomic mass is 16.2. The number of carbonyl (C=O) groups is 4.